The molecule has 0 saturated carbocycles. The Labute approximate surface area is 110 Å². The summed E-state index contributed by atoms with van der Waals surface area (Å²) in [5.74, 6) is -0.982. The first-order valence-corrected chi connectivity index (χ1v) is 6.73. The Kier molecular flexibility index (Phi) is 9.28. The van der Waals surface area contributed by atoms with Crippen molar-refractivity contribution >= 4 is 11.8 Å². The largest absolute Gasteiger partial charge is 0.395 e. The first-order chi connectivity index (χ1) is 8.58. The molecule has 0 atom stereocenters. The molecule has 0 heterocycles. The second-order valence-electron chi connectivity index (χ2n) is 4.45. The van der Waals surface area contributed by atoms with Gasteiger partial charge < -0.3 is 14.9 Å². The summed E-state index contributed by atoms with van der Waals surface area (Å²) in [6.07, 6.45) is 3.81. The van der Waals surface area contributed by atoms with Gasteiger partial charge in [-0.05, 0) is 12.8 Å². The molecule has 0 aliphatic rings. The highest BCUT2D eigenvalue weighted by Gasteiger charge is 2.23. The van der Waals surface area contributed by atoms with Crippen LogP contribution in [0.2, 0.25) is 0 Å². The molecule has 0 rings (SSSR count). The molecule has 5 nitrogen and oxygen atoms in total. The first-order valence-electron chi connectivity index (χ1n) is 6.73. The summed E-state index contributed by atoms with van der Waals surface area (Å²) in [5.41, 5.74) is 0. The minimum Gasteiger partial charge on any atom is -0.395 e. The summed E-state index contributed by atoms with van der Waals surface area (Å²) in [6, 6.07) is 0. The summed E-state index contributed by atoms with van der Waals surface area (Å²) >= 11 is 0. The highest BCUT2D eigenvalue weighted by molar-refractivity contribution is 6.34. The number of rotatable bonds is 8. The van der Waals surface area contributed by atoms with E-state index in [1.807, 2.05) is 0 Å². The lowest BCUT2D eigenvalue weighted by molar-refractivity contribution is -0.151. The average molecular weight is 258 g/mol. The normalized spacial score (nSPS) is 10.2. The third-order valence-electron chi connectivity index (χ3n) is 2.82. The van der Waals surface area contributed by atoms with Gasteiger partial charge in [0.25, 0.3) is 0 Å². The molecule has 0 spiro atoms. The fourth-order valence-electron chi connectivity index (χ4n) is 1.56. The van der Waals surface area contributed by atoms with Gasteiger partial charge in [-0.1, -0.05) is 26.7 Å². The molecule has 0 aromatic heterocycles. The molecule has 0 aromatic carbocycles. The van der Waals surface area contributed by atoms with E-state index in [1.165, 1.54) is 11.9 Å². The zero-order valence-corrected chi connectivity index (χ0v) is 11.8. The summed E-state index contributed by atoms with van der Waals surface area (Å²) in [7, 11) is 1.54. The number of likely N-dealkylation sites (N-methyl/N-ethyl adjacent to an activating group) is 1. The monoisotopic (exact) mass is 258 g/mol. The van der Waals surface area contributed by atoms with Crippen LogP contribution >= 0.6 is 0 Å². The molecule has 0 aliphatic heterocycles. The molecule has 0 saturated heterocycles. The van der Waals surface area contributed by atoms with Crippen LogP contribution in [0.4, 0.5) is 0 Å². The van der Waals surface area contributed by atoms with Gasteiger partial charge in [-0.15, -0.1) is 0 Å². The molecule has 2 amide bonds. The Morgan fingerprint density at radius 1 is 0.944 bits per heavy atom. The fraction of sp³-hybridized carbons (Fsp3) is 0.846. The molecule has 0 unspecified atom stereocenters. The van der Waals surface area contributed by atoms with E-state index in [2.05, 4.69) is 13.8 Å². The highest BCUT2D eigenvalue weighted by Crippen LogP contribution is 2.02. The molecule has 0 bridgehead atoms. The zero-order valence-electron chi connectivity index (χ0n) is 11.8. The highest BCUT2D eigenvalue weighted by atomic mass is 16.3. The quantitative estimate of drug-likeness (QED) is 0.657. The molecule has 1 N–H and O–H groups in total. The van der Waals surface area contributed by atoms with E-state index >= 15 is 0 Å². The van der Waals surface area contributed by atoms with Crippen molar-refractivity contribution in [2.45, 2.75) is 39.5 Å². The molecule has 106 valence electrons. The van der Waals surface area contributed by atoms with Gasteiger partial charge in [-0.2, -0.15) is 0 Å². The van der Waals surface area contributed by atoms with E-state index in [0.29, 0.717) is 13.1 Å². The second-order valence-corrected chi connectivity index (χ2v) is 4.45. The Balaban J connectivity index is 4.46. The Morgan fingerprint density at radius 2 is 1.44 bits per heavy atom. The van der Waals surface area contributed by atoms with Gasteiger partial charge in [0.15, 0.2) is 0 Å². The van der Waals surface area contributed by atoms with E-state index in [4.69, 9.17) is 5.11 Å². The lowest BCUT2D eigenvalue weighted by atomic mass is 10.2. The number of nitrogens with zero attached hydrogens (tertiary/aromatic N) is 2. The lowest BCUT2D eigenvalue weighted by Gasteiger charge is -2.24. The number of unbranched alkanes of at least 4 members (excludes halogenated alkanes) is 2. The van der Waals surface area contributed by atoms with Gasteiger partial charge in [0.05, 0.1) is 6.61 Å². The summed E-state index contributed by atoms with van der Waals surface area (Å²) in [5, 5.41) is 8.77. The summed E-state index contributed by atoms with van der Waals surface area (Å²) in [6.45, 7) is 5.45. The Bertz CT molecular complexity index is 249. The van der Waals surface area contributed by atoms with Crippen molar-refractivity contribution in [3.8, 4) is 0 Å². The number of amides is 2. The van der Waals surface area contributed by atoms with E-state index in [-0.39, 0.29) is 13.2 Å². The maximum absolute atomic E-state index is 12.0. The Morgan fingerprint density at radius 3 is 1.83 bits per heavy atom. The molecule has 5 heteroatoms. The number of hydrogen-bond donors (Lipinski definition) is 1. The number of carbonyl (C=O) groups excluding carboxylic acids is 2. The third kappa shape index (κ3) is 6.00. The lowest BCUT2D eigenvalue weighted by Crippen LogP contribution is -2.45. The van der Waals surface area contributed by atoms with E-state index in [9.17, 15) is 9.59 Å². The van der Waals surface area contributed by atoms with Crippen LogP contribution in [-0.2, 0) is 9.59 Å². The van der Waals surface area contributed by atoms with Crippen molar-refractivity contribution in [1.82, 2.24) is 9.80 Å². The van der Waals surface area contributed by atoms with Gasteiger partial charge in [-0.25, -0.2) is 0 Å². The predicted octanol–water partition coefficient (Wildman–Crippen LogP) is 0.866. The predicted molar refractivity (Wildman–Crippen MR) is 71.1 cm³/mol. The first kappa shape index (κ1) is 16.9. The van der Waals surface area contributed by atoms with Gasteiger partial charge in [0, 0.05) is 26.7 Å². The number of hydrogen-bond acceptors (Lipinski definition) is 3. The van der Waals surface area contributed by atoms with E-state index < -0.39 is 11.8 Å². The van der Waals surface area contributed by atoms with Crippen LogP contribution in [0.1, 0.15) is 39.5 Å². The number of aliphatic hydroxyl groups is 1. The van der Waals surface area contributed by atoms with Crippen LogP contribution in [0.3, 0.4) is 0 Å². The third-order valence-corrected chi connectivity index (χ3v) is 2.82. The van der Waals surface area contributed by atoms with Crippen LogP contribution in [0.15, 0.2) is 0 Å². The van der Waals surface area contributed by atoms with Crippen LogP contribution < -0.4 is 0 Å². The van der Waals surface area contributed by atoms with Crippen molar-refractivity contribution in [2.75, 3.05) is 33.3 Å². The van der Waals surface area contributed by atoms with Gasteiger partial charge in [0.1, 0.15) is 0 Å². The minimum atomic E-state index is -0.531. The van der Waals surface area contributed by atoms with Crippen molar-refractivity contribution in [3.63, 3.8) is 0 Å². The molecular formula is C13H26N2O3. The van der Waals surface area contributed by atoms with Crippen molar-refractivity contribution in [3.05, 3.63) is 0 Å². The van der Waals surface area contributed by atoms with Crippen LogP contribution in [0, 0.1) is 0 Å². The topological polar surface area (TPSA) is 60.9 Å². The smallest absolute Gasteiger partial charge is 0.312 e. The molecule has 18 heavy (non-hydrogen) atoms. The van der Waals surface area contributed by atoms with Gasteiger partial charge in [-0.3, -0.25) is 9.59 Å². The fourth-order valence-corrected chi connectivity index (χ4v) is 1.56. The molecular weight excluding hydrogens is 232 g/mol. The van der Waals surface area contributed by atoms with Crippen molar-refractivity contribution in [1.29, 1.82) is 0 Å². The standard InChI is InChI=1S/C13H26N2O3/c1-4-6-8-15(9-7-5-2)13(18)12(17)14(3)10-11-16/h16H,4-11H2,1-3H3. The molecule has 0 fully saturated rings. The second kappa shape index (κ2) is 9.88. The molecule has 0 radical (unpaired) electrons. The summed E-state index contributed by atoms with van der Waals surface area (Å²) in [4.78, 5) is 26.7. The minimum absolute atomic E-state index is 0.126. The number of aliphatic hydroxyl groups excluding tert-OH is 1. The van der Waals surface area contributed by atoms with Crippen LogP contribution in [0.5, 0.6) is 0 Å². The molecule has 0 aliphatic carbocycles. The van der Waals surface area contributed by atoms with E-state index in [1.54, 1.807) is 4.90 Å². The maximum atomic E-state index is 12.0. The average Bonchev–Trinajstić information content (AvgIpc) is 2.37. The summed E-state index contributed by atoms with van der Waals surface area (Å²) < 4.78 is 0. The zero-order chi connectivity index (χ0) is 14.0. The SMILES string of the molecule is CCCCN(CCCC)C(=O)C(=O)N(C)CCO. The van der Waals surface area contributed by atoms with E-state index in [0.717, 1.165) is 25.7 Å². The van der Waals surface area contributed by atoms with Crippen LogP contribution in [0.25, 0.3) is 0 Å². The maximum Gasteiger partial charge on any atom is 0.312 e. The van der Waals surface area contributed by atoms with Gasteiger partial charge in [0.2, 0.25) is 0 Å². The number of carbonyl (C=O) groups is 2. The molecule has 0 aromatic rings. The van der Waals surface area contributed by atoms with Gasteiger partial charge >= 0.3 is 11.8 Å². The van der Waals surface area contributed by atoms with Crippen molar-refractivity contribution < 1.29 is 14.7 Å². The Hall–Kier alpha value is -1.10. The van der Waals surface area contributed by atoms with Crippen molar-refractivity contribution in [2.24, 2.45) is 0 Å². The van der Waals surface area contributed by atoms with Crippen LogP contribution in [-0.4, -0.2) is 60.0 Å².